The summed E-state index contributed by atoms with van der Waals surface area (Å²) < 4.78 is 16.2. The molecule has 190 valence electrons. The molecule has 3 heterocycles. The fraction of sp³-hybridized carbons (Fsp3) is 0.444. The minimum Gasteiger partial charge on any atom is -0.493 e. The van der Waals surface area contributed by atoms with Crippen LogP contribution < -0.4 is 25.2 Å². The van der Waals surface area contributed by atoms with Gasteiger partial charge in [0.05, 0.1) is 43.2 Å². The van der Waals surface area contributed by atoms with Crippen LogP contribution in [0.15, 0.2) is 47.3 Å². The number of methoxy groups -OCH3 is 2. The van der Waals surface area contributed by atoms with Gasteiger partial charge in [0.15, 0.2) is 11.5 Å². The maximum Gasteiger partial charge on any atom is 0.260 e. The highest BCUT2D eigenvalue weighted by atomic mass is 16.5. The van der Waals surface area contributed by atoms with E-state index in [1.807, 2.05) is 23.1 Å². The highest BCUT2D eigenvalue weighted by Gasteiger charge is 2.42. The fourth-order valence-corrected chi connectivity index (χ4v) is 5.21. The van der Waals surface area contributed by atoms with Gasteiger partial charge in [-0.25, -0.2) is 4.98 Å². The Balaban J connectivity index is 1.40. The summed E-state index contributed by atoms with van der Waals surface area (Å²) >= 11 is 0. The number of nitrogens with zero attached hydrogens (tertiary/aromatic N) is 2. The maximum absolute atomic E-state index is 13.6. The highest BCUT2D eigenvalue weighted by molar-refractivity contribution is 5.84. The van der Waals surface area contributed by atoms with Gasteiger partial charge < -0.3 is 24.4 Å². The van der Waals surface area contributed by atoms with Crippen molar-refractivity contribution in [2.24, 2.45) is 5.41 Å². The Hall–Kier alpha value is -3.59. The van der Waals surface area contributed by atoms with Gasteiger partial charge in [-0.3, -0.25) is 14.6 Å². The molecular formula is C27H32N4O5. The van der Waals surface area contributed by atoms with Crippen molar-refractivity contribution in [2.75, 3.05) is 45.4 Å². The Bertz CT molecular complexity index is 1280. The topological polar surface area (TPSA) is 106 Å². The third kappa shape index (κ3) is 4.75. The molecule has 9 heteroatoms. The Morgan fingerprint density at radius 2 is 1.89 bits per heavy atom. The van der Waals surface area contributed by atoms with Crippen molar-refractivity contribution < 1.29 is 19.0 Å². The number of nitrogens with one attached hydrogen (secondary N) is 2. The molecule has 0 spiro atoms. The Morgan fingerprint density at radius 1 is 1.17 bits per heavy atom. The summed E-state index contributed by atoms with van der Waals surface area (Å²) in [5, 5.41) is 3.67. The quantitative estimate of drug-likeness (QED) is 0.522. The number of hydrogen-bond acceptors (Lipinski definition) is 7. The molecule has 2 N–H and O–H groups in total. The number of amides is 1. The van der Waals surface area contributed by atoms with E-state index in [2.05, 4.69) is 22.4 Å². The molecule has 0 bridgehead atoms. The van der Waals surface area contributed by atoms with Crippen molar-refractivity contribution in [1.29, 1.82) is 0 Å². The van der Waals surface area contributed by atoms with Crippen LogP contribution in [0.3, 0.4) is 0 Å². The first-order chi connectivity index (χ1) is 17.5. The number of carbonyl (C=O) groups excluding carboxylic acids is 1. The molecule has 2 aliphatic rings. The third-order valence-electron chi connectivity index (χ3n) is 7.35. The summed E-state index contributed by atoms with van der Waals surface area (Å²) in [6.07, 6.45) is 2.81. The minimum atomic E-state index is -0.534. The number of hydrogen-bond donors (Lipinski definition) is 2. The van der Waals surface area contributed by atoms with Gasteiger partial charge in [0.1, 0.15) is 0 Å². The van der Waals surface area contributed by atoms with Gasteiger partial charge in [0.25, 0.3) is 5.56 Å². The van der Waals surface area contributed by atoms with Crippen molar-refractivity contribution in [3.8, 4) is 11.5 Å². The van der Waals surface area contributed by atoms with Crippen molar-refractivity contribution in [3.63, 3.8) is 0 Å². The third-order valence-corrected chi connectivity index (χ3v) is 7.35. The van der Waals surface area contributed by atoms with E-state index in [9.17, 15) is 9.59 Å². The number of aromatic amines is 1. The van der Waals surface area contributed by atoms with Crippen molar-refractivity contribution in [3.05, 3.63) is 58.4 Å². The lowest BCUT2D eigenvalue weighted by Crippen LogP contribution is -2.52. The first kappa shape index (κ1) is 24.1. The summed E-state index contributed by atoms with van der Waals surface area (Å²) in [4.78, 5) is 36.2. The van der Waals surface area contributed by atoms with Crippen LogP contribution in [0.2, 0.25) is 0 Å². The standard InChI is InChI=1S/C27H32N4O5/c1-34-22-14-20-21(15-23(22)35-2)29-26(30-24(20)32)31-11-9-27(10-12-31,16-18-6-4-3-5-7-18)25(33)28-19-8-13-36-17-19/h3-7,14-15,19H,8-13,16-17H2,1-2H3,(H,28,33)(H,29,30,32). The molecule has 36 heavy (non-hydrogen) atoms. The van der Waals surface area contributed by atoms with E-state index < -0.39 is 5.41 Å². The zero-order valence-electron chi connectivity index (χ0n) is 20.7. The molecule has 9 nitrogen and oxygen atoms in total. The van der Waals surface area contributed by atoms with E-state index in [4.69, 9.17) is 19.2 Å². The van der Waals surface area contributed by atoms with Gasteiger partial charge in [-0.15, -0.1) is 0 Å². The Labute approximate surface area is 209 Å². The van der Waals surface area contributed by atoms with Crippen LogP contribution in [0.4, 0.5) is 5.95 Å². The molecule has 0 aliphatic carbocycles. The average Bonchev–Trinajstić information content (AvgIpc) is 3.42. The van der Waals surface area contributed by atoms with Crippen molar-refractivity contribution >= 4 is 22.8 Å². The van der Waals surface area contributed by atoms with Crippen molar-refractivity contribution in [1.82, 2.24) is 15.3 Å². The largest absolute Gasteiger partial charge is 0.493 e. The summed E-state index contributed by atoms with van der Waals surface area (Å²) in [6.45, 7) is 2.45. The second-order valence-electron chi connectivity index (χ2n) is 9.58. The Morgan fingerprint density at radius 3 is 2.56 bits per heavy atom. The first-order valence-electron chi connectivity index (χ1n) is 12.3. The van der Waals surface area contributed by atoms with Gasteiger partial charge in [0, 0.05) is 25.8 Å². The van der Waals surface area contributed by atoms with Gasteiger partial charge >= 0.3 is 0 Å². The van der Waals surface area contributed by atoms with Crippen molar-refractivity contribution in [2.45, 2.75) is 31.7 Å². The number of carbonyl (C=O) groups is 1. The SMILES string of the molecule is COc1cc2nc(N3CCC(Cc4ccccc4)(C(=O)NC4CCOC4)CC3)[nH]c(=O)c2cc1OC. The molecule has 2 fully saturated rings. The van der Waals surface area contributed by atoms with E-state index in [1.165, 1.54) is 7.11 Å². The number of anilines is 1. The molecule has 1 amide bonds. The molecule has 1 atom stereocenters. The number of fused-ring (bicyclic) bond motifs is 1. The molecule has 3 aromatic rings. The van der Waals surface area contributed by atoms with Crippen LogP contribution in [0.1, 0.15) is 24.8 Å². The van der Waals surface area contributed by atoms with E-state index >= 15 is 0 Å². The molecule has 2 aliphatic heterocycles. The molecule has 5 rings (SSSR count). The van der Waals surface area contributed by atoms with E-state index in [0.29, 0.717) is 73.9 Å². The van der Waals surface area contributed by atoms with Gasteiger partial charge in [-0.05, 0) is 37.3 Å². The number of benzene rings is 2. The monoisotopic (exact) mass is 492 g/mol. The number of rotatable bonds is 7. The molecule has 2 aromatic carbocycles. The first-order valence-corrected chi connectivity index (χ1v) is 12.3. The highest BCUT2D eigenvalue weighted by Crippen LogP contribution is 2.37. The van der Waals surface area contributed by atoms with Crippen LogP contribution in [0.5, 0.6) is 11.5 Å². The van der Waals surface area contributed by atoms with Crippen LogP contribution in [0, 0.1) is 5.41 Å². The molecule has 2 saturated heterocycles. The Kier molecular flexibility index (Phi) is 6.82. The van der Waals surface area contributed by atoms with Crippen LogP contribution in [-0.2, 0) is 16.0 Å². The fourth-order valence-electron chi connectivity index (χ4n) is 5.21. The zero-order valence-corrected chi connectivity index (χ0v) is 20.7. The van der Waals surface area contributed by atoms with E-state index in [0.717, 1.165) is 12.0 Å². The van der Waals surface area contributed by atoms with E-state index in [1.54, 1.807) is 19.2 Å². The lowest BCUT2D eigenvalue weighted by Gasteiger charge is -2.41. The number of H-pyrrole nitrogens is 1. The lowest BCUT2D eigenvalue weighted by molar-refractivity contribution is -0.133. The predicted molar refractivity (Wildman–Crippen MR) is 137 cm³/mol. The second kappa shape index (κ2) is 10.2. The molecule has 1 aromatic heterocycles. The number of ether oxygens (including phenoxy) is 3. The second-order valence-corrected chi connectivity index (χ2v) is 9.58. The van der Waals surface area contributed by atoms with E-state index in [-0.39, 0.29) is 17.5 Å². The predicted octanol–water partition coefficient (Wildman–Crippen LogP) is 2.67. The molecule has 0 saturated carbocycles. The molecule has 1 unspecified atom stereocenters. The zero-order chi connectivity index (χ0) is 25.1. The van der Waals surface area contributed by atoms with Crippen LogP contribution >= 0.6 is 0 Å². The smallest absolute Gasteiger partial charge is 0.260 e. The summed E-state index contributed by atoms with van der Waals surface area (Å²) in [5.74, 6) is 1.57. The van der Waals surface area contributed by atoms with Crippen LogP contribution in [0.25, 0.3) is 10.9 Å². The summed E-state index contributed by atoms with van der Waals surface area (Å²) in [6, 6.07) is 13.6. The van der Waals surface area contributed by atoms with Crippen LogP contribution in [-0.4, -0.2) is 62.4 Å². The van der Waals surface area contributed by atoms with Gasteiger partial charge in [-0.1, -0.05) is 30.3 Å². The molecule has 0 radical (unpaired) electrons. The maximum atomic E-state index is 13.6. The summed E-state index contributed by atoms with van der Waals surface area (Å²) in [5.41, 5.74) is 0.901. The minimum absolute atomic E-state index is 0.0636. The average molecular weight is 493 g/mol. The lowest BCUT2D eigenvalue weighted by atomic mass is 9.72. The van der Waals surface area contributed by atoms with Gasteiger partial charge in [-0.2, -0.15) is 0 Å². The summed E-state index contributed by atoms with van der Waals surface area (Å²) in [7, 11) is 3.09. The molecular weight excluding hydrogens is 460 g/mol. The normalized spacial score (nSPS) is 19.3. The number of aromatic nitrogens is 2. The van der Waals surface area contributed by atoms with Gasteiger partial charge in [0.2, 0.25) is 11.9 Å². The number of piperidine rings is 1.